The van der Waals surface area contributed by atoms with Crippen molar-refractivity contribution in [2.75, 3.05) is 0 Å². The molecule has 4 heteroatoms. The van der Waals surface area contributed by atoms with Gasteiger partial charge in [-0.25, -0.2) is 4.98 Å². The maximum Gasteiger partial charge on any atom is 0.238 e. The molecule has 0 spiro atoms. The maximum absolute atomic E-state index is 5.22. The van der Waals surface area contributed by atoms with Crippen LogP contribution in [0.25, 0.3) is 72.8 Å². The molecule has 1 aliphatic rings. The molecule has 0 saturated carbocycles. The van der Waals surface area contributed by atoms with Crippen molar-refractivity contribution in [3.8, 4) is 51.0 Å². The highest BCUT2D eigenvalue weighted by Crippen LogP contribution is 2.44. The van der Waals surface area contributed by atoms with E-state index >= 15 is 0 Å². The molecule has 0 N–H and O–H groups in total. The second kappa shape index (κ2) is 9.85. The first-order valence-electron chi connectivity index (χ1n) is 14.9. The van der Waals surface area contributed by atoms with E-state index in [1.165, 1.54) is 33.0 Å². The molecule has 6 aromatic carbocycles. The van der Waals surface area contributed by atoms with Gasteiger partial charge in [0, 0.05) is 28.3 Å². The molecule has 0 amide bonds. The average molecular weight is 563 g/mol. The topological polar surface area (TPSA) is 43.6 Å². The summed E-state index contributed by atoms with van der Waals surface area (Å²) in [6, 6.07) is 50.9. The second-order valence-corrected chi connectivity index (χ2v) is 11.3. The Hall–Kier alpha value is -5.87. The minimum Gasteiger partial charge on any atom is -0.277 e. The highest BCUT2D eigenvalue weighted by atomic mass is 15.2. The van der Waals surface area contributed by atoms with Gasteiger partial charge in [-0.2, -0.15) is 9.97 Å². The van der Waals surface area contributed by atoms with Gasteiger partial charge in [-0.15, -0.1) is 0 Å². The molecule has 44 heavy (non-hydrogen) atoms. The van der Waals surface area contributed by atoms with Gasteiger partial charge in [-0.1, -0.05) is 133 Å². The van der Waals surface area contributed by atoms with Crippen LogP contribution in [0.15, 0.2) is 146 Å². The van der Waals surface area contributed by atoms with Gasteiger partial charge in [-0.3, -0.25) is 4.57 Å². The van der Waals surface area contributed by atoms with E-state index in [9.17, 15) is 0 Å². The van der Waals surface area contributed by atoms with E-state index in [0.717, 1.165) is 39.7 Å². The predicted octanol–water partition coefficient (Wildman–Crippen LogP) is 9.54. The molecule has 206 valence electrons. The molecule has 8 aromatic rings. The fraction of sp³-hybridized carbons (Fsp3) is 0.0250. The largest absolute Gasteiger partial charge is 0.277 e. The zero-order chi connectivity index (χ0) is 29.0. The van der Waals surface area contributed by atoms with Gasteiger partial charge < -0.3 is 0 Å². The van der Waals surface area contributed by atoms with Crippen LogP contribution >= 0.6 is 0 Å². The molecule has 9 rings (SSSR count). The lowest BCUT2D eigenvalue weighted by atomic mass is 10.0. The molecule has 1 aliphatic carbocycles. The molecule has 0 aliphatic heterocycles. The van der Waals surface area contributed by atoms with Crippen LogP contribution in [0, 0.1) is 0 Å². The van der Waals surface area contributed by atoms with Crippen LogP contribution in [0.3, 0.4) is 0 Å². The number of rotatable bonds is 4. The number of nitrogens with zero attached hydrogens (tertiary/aromatic N) is 4. The second-order valence-electron chi connectivity index (χ2n) is 11.3. The number of hydrogen-bond donors (Lipinski definition) is 0. The van der Waals surface area contributed by atoms with Gasteiger partial charge in [0.25, 0.3) is 0 Å². The van der Waals surface area contributed by atoms with Crippen molar-refractivity contribution in [3.63, 3.8) is 0 Å². The zero-order valence-corrected chi connectivity index (χ0v) is 23.9. The van der Waals surface area contributed by atoms with E-state index in [1.54, 1.807) is 0 Å². The van der Waals surface area contributed by atoms with Crippen LogP contribution in [-0.4, -0.2) is 19.5 Å². The lowest BCUT2D eigenvalue weighted by molar-refractivity contribution is 0.950. The molecule has 0 saturated heterocycles. The first-order valence-corrected chi connectivity index (χ1v) is 14.9. The van der Waals surface area contributed by atoms with Crippen LogP contribution in [0.2, 0.25) is 0 Å². The monoisotopic (exact) mass is 562 g/mol. The molecule has 4 nitrogen and oxygen atoms in total. The van der Waals surface area contributed by atoms with E-state index < -0.39 is 0 Å². The van der Waals surface area contributed by atoms with Crippen molar-refractivity contribution in [2.45, 2.75) is 6.42 Å². The summed E-state index contributed by atoms with van der Waals surface area (Å²) < 4.78 is 2.26. The molecular formula is C40H26N4. The van der Waals surface area contributed by atoms with Crippen LogP contribution < -0.4 is 0 Å². The van der Waals surface area contributed by atoms with Gasteiger partial charge in [0.2, 0.25) is 5.95 Å². The SMILES string of the molecule is c1ccc(-c2cccc(-c3nc(-c4ccccc4)nc(-n4c5ccccc5c5ccc6c(c54)Cc4ccccc4-6)n3)c2)cc1. The number of aromatic nitrogens is 4. The Morgan fingerprint density at radius 2 is 1.11 bits per heavy atom. The van der Waals surface area contributed by atoms with Crippen molar-refractivity contribution < 1.29 is 0 Å². The van der Waals surface area contributed by atoms with Gasteiger partial charge >= 0.3 is 0 Å². The van der Waals surface area contributed by atoms with Crippen molar-refractivity contribution in [1.29, 1.82) is 0 Å². The van der Waals surface area contributed by atoms with E-state index in [1.807, 2.05) is 24.3 Å². The third kappa shape index (κ3) is 3.89. The van der Waals surface area contributed by atoms with Crippen molar-refractivity contribution in [1.82, 2.24) is 19.5 Å². The number of benzene rings is 6. The molecule has 2 aromatic heterocycles. The maximum atomic E-state index is 5.22. The summed E-state index contributed by atoms with van der Waals surface area (Å²) in [6.07, 6.45) is 0.877. The Morgan fingerprint density at radius 3 is 1.95 bits per heavy atom. The summed E-state index contributed by atoms with van der Waals surface area (Å²) in [5.74, 6) is 1.92. The van der Waals surface area contributed by atoms with Crippen LogP contribution in [0.5, 0.6) is 0 Å². The fourth-order valence-electron chi connectivity index (χ4n) is 6.67. The highest BCUT2D eigenvalue weighted by molar-refractivity contribution is 6.12. The molecule has 0 atom stereocenters. The molecule has 0 fully saturated rings. The van der Waals surface area contributed by atoms with E-state index in [0.29, 0.717) is 17.6 Å². The summed E-state index contributed by atoms with van der Waals surface area (Å²) in [5.41, 5.74) is 11.7. The molecular weight excluding hydrogens is 536 g/mol. The summed E-state index contributed by atoms with van der Waals surface area (Å²) >= 11 is 0. The predicted molar refractivity (Wildman–Crippen MR) is 179 cm³/mol. The van der Waals surface area contributed by atoms with Gasteiger partial charge in [0.05, 0.1) is 11.0 Å². The van der Waals surface area contributed by atoms with Crippen molar-refractivity contribution in [2.24, 2.45) is 0 Å². The Labute approximate surface area is 255 Å². The fourth-order valence-corrected chi connectivity index (χ4v) is 6.67. The lowest BCUT2D eigenvalue weighted by Gasteiger charge is -2.13. The normalized spacial score (nSPS) is 12.0. The Morgan fingerprint density at radius 1 is 0.455 bits per heavy atom. The molecule has 0 bridgehead atoms. The molecule has 2 heterocycles. The van der Waals surface area contributed by atoms with E-state index in [-0.39, 0.29) is 0 Å². The number of para-hydroxylation sites is 1. The van der Waals surface area contributed by atoms with E-state index in [2.05, 4.69) is 126 Å². The first kappa shape index (κ1) is 24.7. The van der Waals surface area contributed by atoms with Gasteiger partial charge in [0.15, 0.2) is 11.6 Å². The average Bonchev–Trinajstić information content (AvgIpc) is 3.65. The summed E-state index contributed by atoms with van der Waals surface area (Å²) in [5, 5.41) is 2.40. The third-order valence-electron chi connectivity index (χ3n) is 8.70. The van der Waals surface area contributed by atoms with E-state index in [4.69, 9.17) is 15.0 Å². The summed E-state index contributed by atoms with van der Waals surface area (Å²) in [4.78, 5) is 15.4. The summed E-state index contributed by atoms with van der Waals surface area (Å²) in [6.45, 7) is 0. The first-order chi connectivity index (χ1) is 21.8. The smallest absolute Gasteiger partial charge is 0.238 e. The number of fused-ring (bicyclic) bond motifs is 7. The number of hydrogen-bond acceptors (Lipinski definition) is 3. The van der Waals surface area contributed by atoms with Crippen LogP contribution in [-0.2, 0) is 6.42 Å². The van der Waals surface area contributed by atoms with Crippen molar-refractivity contribution in [3.05, 3.63) is 157 Å². The quantitative estimate of drug-likeness (QED) is 0.215. The molecule has 0 radical (unpaired) electrons. The Kier molecular flexibility index (Phi) is 5.53. The molecule has 0 unspecified atom stereocenters. The van der Waals surface area contributed by atoms with Crippen LogP contribution in [0.1, 0.15) is 11.1 Å². The van der Waals surface area contributed by atoms with Gasteiger partial charge in [-0.05, 0) is 45.5 Å². The minimum atomic E-state index is 0.620. The minimum absolute atomic E-state index is 0.620. The third-order valence-corrected chi connectivity index (χ3v) is 8.70. The summed E-state index contributed by atoms with van der Waals surface area (Å²) in [7, 11) is 0. The van der Waals surface area contributed by atoms with Crippen molar-refractivity contribution >= 4 is 21.8 Å². The van der Waals surface area contributed by atoms with Crippen LogP contribution in [0.4, 0.5) is 0 Å². The standard InChI is InChI=1S/C40H26N4/c1-3-12-26(13-4-1)28-17-11-18-30(24-28)39-41-38(27-14-5-2-6-15-27)42-40(43-39)44-36-21-10-9-20-33(36)34-23-22-32-31-19-8-7-16-29(31)25-35(32)37(34)44/h1-24H,25H2. The lowest BCUT2D eigenvalue weighted by Crippen LogP contribution is -2.07. The Bertz CT molecular complexity index is 2350. The van der Waals surface area contributed by atoms with Gasteiger partial charge in [0.1, 0.15) is 0 Å². The zero-order valence-electron chi connectivity index (χ0n) is 23.9. The highest BCUT2D eigenvalue weighted by Gasteiger charge is 2.26. The Balaban J connectivity index is 1.33.